The normalized spacial score (nSPS) is 13.2. The van der Waals surface area contributed by atoms with E-state index in [1.807, 2.05) is 5.32 Å². The number of methoxy groups -OCH3 is 1. The molecule has 1 amide bonds. The lowest BCUT2D eigenvalue weighted by Crippen LogP contribution is -2.69. The number of benzene rings is 2. The van der Waals surface area contributed by atoms with Crippen molar-refractivity contribution in [2.45, 2.75) is 18.8 Å². The van der Waals surface area contributed by atoms with Crippen LogP contribution in [0.3, 0.4) is 0 Å². The maximum absolute atomic E-state index is 14.1. The summed E-state index contributed by atoms with van der Waals surface area (Å²) in [4.78, 5) is 24.9. The largest absolute Gasteiger partial charge is 0.495 e. The third-order valence-electron chi connectivity index (χ3n) is 3.82. The summed E-state index contributed by atoms with van der Waals surface area (Å²) in [5, 5.41) is 3.63. The van der Waals surface area contributed by atoms with Gasteiger partial charge in [0.05, 0.1) is 19.4 Å². The average molecular weight is 414 g/mol. The van der Waals surface area contributed by atoms with Crippen molar-refractivity contribution in [3.05, 3.63) is 59.9 Å². The summed E-state index contributed by atoms with van der Waals surface area (Å²) in [6.45, 7) is 0.941. The number of para-hydroxylation sites is 2. The molecule has 0 aliphatic heterocycles. The second-order valence-electron chi connectivity index (χ2n) is 5.76. The Morgan fingerprint density at radius 3 is 2.34 bits per heavy atom. The van der Waals surface area contributed by atoms with Crippen molar-refractivity contribution < 1.29 is 36.6 Å². The Balaban J connectivity index is 2.56. The highest BCUT2D eigenvalue weighted by Crippen LogP contribution is 2.36. The van der Waals surface area contributed by atoms with Crippen LogP contribution in [0.15, 0.2) is 48.5 Å². The number of anilines is 1. The number of halogens is 4. The minimum atomic E-state index is -5.33. The first kappa shape index (κ1) is 22.0. The van der Waals surface area contributed by atoms with Gasteiger partial charge in [-0.05, 0) is 37.3 Å². The standard InChI is InChI=1S/C19H18F4N2O4/c1-3-29-17(27)18(19(21,22)23,24-14-9-4-5-10-15(14)28-2)25-16(26)12-7-6-8-13(20)11-12/h4-11,24H,3H2,1-2H3,(H,25,26). The quantitative estimate of drug-likeness (QED) is 0.412. The van der Waals surface area contributed by atoms with Gasteiger partial charge in [0.15, 0.2) is 0 Å². The molecule has 156 valence electrons. The molecule has 0 aliphatic rings. The maximum atomic E-state index is 14.1. The number of alkyl halides is 3. The fourth-order valence-electron chi connectivity index (χ4n) is 2.45. The second kappa shape index (κ2) is 8.80. The lowest BCUT2D eigenvalue weighted by atomic mass is 10.1. The molecule has 29 heavy (non-hydrogen) atoms. The molecule has 0 aromatic heterocycles. The van der Waals surface area contributed by atoms with Crippen LogP contribution in [-0.2, 0) is 9.53 Å². The first-order chi connectivity index (χ1) is 13.6. The topological polar surface area (TPSA) is 76.7 Å². The van der Waals surface area contributed by atoms with E-state index in [0.29, 0.717) is 0 Å². The van der Waals surface area contributed by atoms with E-state index < -0.39 is 35.1 Å². The molecule has 2 N–H and O–H groups in total. The van der Waals surface area contributed by atoms with Gasteiger partial charge in [-0.2, -0.15) is 13.2 Å². The van der Waals surface area contributed by atoms with E-state index in [1.54, 1.807) is 5.32 Å². The van der Waals surface area contributed by atoms with E-state index >= 15 is 0 Å². The summed E-state index contributed by atoms with van der Waals surface area (Å²) in [5.74, 6) is -3.96. The molecule has 10 heteroatoms. The van der Waals surface area contributed by atoms with Crippen LogP contribution in [0.4, 0.5) is 23.2 Å². The molecule has 1 unspecified atom stereocenters. The van der Waals surface area contributed by atoms with Gasteiger partial charge in [-0.3, -0.25) is 4.79 Å². The number of carbonyl (C=O) groups excluding carboxylic acids is 2. The van der Waals surface area contributed by atoms with Crippen LogP contribution in [0.2, 0.25) is 0 Å². The number of ether oxygens (including phenoxy) is 2. The molecule has 1 atom stereocenters. The van der Waals surface area contributed by atoms with Crippen LogP contribution in [0.5, 0.6) is 5.75 Å². The molecule has 0 saturated heterocycles. The zero-order chi connectivity index (χ0) is 21.7. The van der Waals surface area contributed by atoms with Gasteiger partial charge in [-0.1, -0.05) is 18.2 Å². The Morgan fingerprint density at radius 2 is 1.76 bits per heavy atom. The Bertz CT molecular complexity index is 889. The van der Waals surface area contributed by atoms with Gasteiger partial charge in [0.1, 0.15) is 11.6 Å². The minimum absolute atomic E-state index is 0.00886. The zero-order valence-corrected chi connectivity index (χ0v) is 15.5. The monoisotopic (exact) mass is 414 g/mol. The van der Waals surface area contributed by atoms with Crippen LogP contribution in [-0.4, -0.2) is 37.4 Å². The molecule has 2 aromatic carbocycles. The highest BCUT2D eigenvalue weighted by atomic mass is 19.4. The summed E-state index contributed by atoms with van der Waals surface area (Å²) < 4.78 is 65.4. The Kier molecular flexibility index (Phi) is 6.68. The molecule has 0 saturated carbocycles. The highest BCUT2D eigenvalue weighted by molar-refractivity contribution is 5.99. The van der Waals surface area contributed by atoms with Crippen molar-refractivity contribution in [3.8, 4) is 5.75 Å². The third kappa shape index (κ3) is 4.76. The maximum Gasteiger partial charge on any atom is 0.441 e. The molecule has 2 aromatic rings. The van der Waals surface area contributed by atoms with E-state index in [0.717, 1.165) is 24.3 Å². The molecule has 2 rings (SSSR count). The van der Waals surface area contributed by atoms with Crippen LogP contribution in [0.1, 0.15) is 17.3 Å². The highest BCUT2D eigenvalue weighted by Gasteiger charge is 2.64. The van der Waals surface area contributed by atoms with Gasteiger partial charge in [-0.15, -0.1) is 0 Å². The average Bonchev–Trinajstić information content (AvgIpc) is 2.67. The number of carbonyl (C=O) groups is 2. The van der Waals surface area contributed by atoms with E-state index in [-0.39, 0.29) is 18.0 Å². The van der Waals surface area contributed by atoms with Crippen LogP contribution in [0, 0.1) is 5.82 Å². The van der Waals surface area contributed by atoms with Crippen molar-refractivity contribution in [1.82, 2.24) is 5.32 Å². The molecular weight excluding hydrogens is 396 g/mol. The Labute approximate surface area is 163 Å². The van der Waals surface area contributed by atoms with Crippen molar-refractivity contribution in [3.63, 3.8) is 0 Å². The number of amides is 1. The van der Waals surface area contributed by atoms with Crippen molar-refractivity contribution in [2.24, 2.45) is 0 Å². The molecule has 0 fully saturated rings. The van der Waals surface area contributed by atoms with E-state index in [4.69, 9.17) is 4.74 Å². The van der Waals surface area contributed by atoms with Gasteiger partial charge in [0, 0.05) is 5.56 Å². The van der Waals surface area contributed by atoms with Gasteiger partial charge in [0.2, 0.25) is 0 Å². The predicted molar refractivity (Wildman–Crippen MR) is 95.9 cm³/mol. The number of esters is 1. The lowest BCUT2D eigenvalue weighted by Gasteiger charge is -2.35. The molecule has 6 nitrogen and oxygen atoms in total. The second-order valence-corrected chi connectivity index (χ2v) is 5.76. The van der Waals surface area contributed by atoms with Gasteiger partial charge in [-0.25, -0.2) is 9.18 Å². The summed E-state index contributed by atoms with van der Waals surface area (Å²) in [7, 11) is 1.23. The number of rotatable bonds is 7. The molecule has 0 radical (unpaired) electrons. The minimum Gasteiger partial charge on any atom is -0.495 e. The van der Waals surface area contributed by atoms with E-state index in [9.17, 15) is 27.2 Å². The number of nitrogens with one attached hydrogen (secondary N) is 2. The molecule has 0 aliphatic carbocycles. The van der Waals surface area contributed by atoms with Crippen molar-refractivity contribution in [2.75, 3.05) is 19.0 Å². The summed E-state index contributed by atoms with van der Waals surface area (Å²) >= 11 is 0. The van der Waals surface area contributed by atoms with Gasteiger partial charge < -0.3 is 20.1 Å². The van der Waals surface area contributed by atoms with Crippen LogP contribution in [0.25, 0.3) is 0 Å². The summed E-state index contributed by atoms with van der Waals surface area (Å²) in [5.41, 5.74) is -4.29. The Hall–Kier alpha value is -3.30. The van der Waals surface area contributed by atoms with Crippen molar-refractivity contribution >= 4 is 17.6 Å². The number of hydrogen-bond acceptors (Lipinski definition) is 5. The first-order valence-electron chi connectivity index (χ1n) is 8.38. The van der Waals surface area contributed by atoms with Crippen LogP contribution < -0.4 is 15.4 Å². The fourth-order valence-corrected chi connectivity index (χ4v) is 2.45. The molecular formula is C19H18F4N2O4. The molecule has 0 heterocycles. The summed E-state index contributed by atoms with van der Waals surface area (Å²) in [6.07, 6.45) is -5.33. The summed E-state index contributed by atoms with van der Waals surface area (Å²) in [6, 6.07) is 9.53. The zero-order valence-electron chi connectivity index (χ0n) is 15.5. The smallest absolute Gasteiger partial charge is 0.441 e. The third-order valence-corrected chi connectivity index (χ3v) is 3.82. The molecule has 0 spiro atoms. The SMILES string of the molecule is CCOC(=O)C(NC(=O)c1cccc(F)c1)(Nc1ccccc1OC)C(F)(F)F. The Morgan fingerprint density at radius 1 is 1.07 bits per heavy atom. The predicted octanol–water partition coefficient (Wildman–Crippen LogP) is 3.50. The number of hydrogen-bond donors (Lipinski definition) is 2. The lowest BCUT2D eigenvalue weighted by molar-refractivity contribution is -0.204. The van der Waals surface area contributed by atoms with Crippen molar-refractivity contribution in [1.29, 1.82) is 0 Å². The van der Waals surface area contributed by atoms with E-state index in [2.05, 4.69) is 4.74 Å². The van der Waals surface area contributed by atoms with Crippen LogP contribution >= 0.6 is 0 Å². The van der Waals surface area contributed by atoms with Gasteiger partial charge >= 0.3 is 17.8 Å². The van der Waals surface area contributed by atoms with Gasteiger partial charge in [0.25, 0.3) is 5.91 Å². The molecule has 0 bridgehead atoms. The fraction of sp³-hybridized carbons (Fsp3) is 0.263. The first-order valence-corrected chi connectivity index (χ1v) is 8.38. The van der Waals surface area contributed by atoms with E-state index in [1.165, 1.54) is 38.3 Å².